The first-order valence-electron chi connectivity index (χ1n) is 4.93. The summed E-state index contributed by atoms with van der Waals surface area (Å²) in [5.74, 6) is -0.833. The van der Waals surface area contributed by atoms with Crippen LogP contribution in [-0.2, 0) is 11.2 Å². The molecule has 1 aromatic rings. The van der Waals surface area contributed by atoms with E-state index in [9.17, 15) is 9.59 Å². The van der Waals surface area contributed by atoms with E-state index in [0.717, 1.165) is 0 Å². The van der Waals surface area contributed by atoms with Crippen LogP contribution in [0.15, 0.2) is 6.07 Å². The second-order valence-corrected chi connectivity index (χ2v) is 4.36. The van der Waals surface area contributed by atoms with Crippen LogP contribution in [0.1, 0.15) is 26.3 Å². The number of rotatable bonds is 1. The van der Waals surface area contributed by atoms with Crippen LogP contribution in [0, 0.1) is 0 Å². The lowest BCUT2D eigenvalue weighted by Gasteiger charge is -2.19. The predicted molar refractivity (Wildman–Crippen MR) is 63.8 cm³/mol. The molecule has 0 spiro atoms. The first-order valence-corrected chi connectivity index (χ1v) is 5.69. The van der Waals surface area contributed by atoms with E-state index in [-0.39, 0.29) is 21.5 Å². The van der Waals surface area contributed by atoms with Crippen molar-refractivity contribution in [3.8, 4) is 0 Å². The van der Waals surface area contributed by atoms with Crippen LogP contribution < -0.4 is 5.32 Å². The molecule has 0 fully saturated rings. The Balaban J connectivity index is 2.66. The summed E-state index contributed by atoms with van der Waals surface area (Å²) in [6, 6.07) is 1.45. The molecule has 0 aliphatic carbocycles. The van der Waals surface area contributed by atoms with Gasteiger partial charge in [-0.2, -0.15) is 0 Å². The van der Waals surface area contributed by atoms with Crippen LogP contribution in [0.4, 0.5) is 0 Å². The van der Waals surface area contributed by atoms with Crippen molar-refractivity contribution in [3.63, 3.8) is 0 Å². The van der Waals surface area contributed by atoms with Crippen LogP contribution >= 0.6 is 23.2 Å². The number of hydrogen-bond donors (Lipinski definition) is 1. The van der Waals surface area contributed by atoms with Gasteiger partial charge in [-0.05, 0) is 18.1 Å². The Hall–Kier alpha value is -1.26. The summed E-state index contributed by atoms with van der Waals surface area (Å²) in [5.41, 5.74) is 1.17. The molecule has 0 aromatic heterocycles. The van der Waals surface area contributed by atoms with E-state index >= 15 is 0 Å². The van der Waals surface area contributed by atoms with Gasteiger partial charge in [0.2, 0.25) is 0 Å². The first kappa shape index (κ1) is 12.2. The number of methoxy groups -OCH3 is 1. The zero-order valence-corrected chi connectivity index (χ0v) is 10.5. The molecule has 0 atom stereocenters. The molecule has 0 saturated carbocycles. The maximum atomic E-state index is 11.6. The van der Waals surface area contributed by atoms with E-state index in [1.807, 2.05) is 0 Å². The fourth-order valence-corrected chi connectivity index (χ4v) is 2.50. The van der Waals surface area contributed by atoms with Gasteiger partial charge in [0.05, 0.1) is 22.7 Å². The lowest BCUT2D eigenvalue weighted by molar-refractivity contribution is 0.0600. The lowest BCUT2D eigenvalue weighted by atomic mass is 9.97. The third-order valence-corrected chi connectivity index (χ3v) is 3.33. The van der Waals surface area contributed by atoms with E-state index in [4.69, 9.17) is 23.2 Å². The van der Waals surface area contributed by atoms with Crippen LogP contribution in [0.5, 0.6) is 0 Å². The molecule has 6 heteroatoms. The molecule has 1 aliphatic rings. The Kier molecular flexibility index (Phi) is 3.26. The third kappa shape index (κ3) is 1.98. The minimum Gasteiger partial charge on any atom is -0.465 e. The summed E-state index contributed by atoms with van der Waals surface area (Å²) < 4.78 is 4.61. The first-order chi connectivity index (χ1) is 8.06. The maximum absolute atomic E-state index is 11.6. The van der Waals surface area contributed by atoms with E-state index < -0.39 is 5.97 Å². The number of ether oxygens (including phenoxy) is 1. The smallest absolute Gasteiger partial charge is 0.340 e. The Bertz CT molecular complexity index is 514. The summed E-state index contributed by atoms with van der Waals surface area (Å²) >= 11 is 12.0. The van der Waals surface area contributed by atoms with Crippen molar-refractivity contribution in [2.45, 2.75) is 6.42 Å². The number of amides is 1. The number of hydrogen-bond acceptors (Lipinski definition) is 3. The molecule has 1 N–H and O–H groups in total. The molecule has 1 aliphatic heterocycles. The van der Waals surface area contributed by atoms with Gasteiger partial charge in [-0.3, -0.25) is 4.79 Å². The van der Waals surface area contributed by atoms with E-state index in [2.05, 4.69) is 10.1 Å². The Labute approximate surface area is 108 Å². The third-order valence-electron chi connectivity index (χ3n) is 2.61. The largest absolute Gasteiger partial charge is 0.465 e. The lowest BCUT2D eigenvalue weighted by Crippen LogP contribution is -2.32. The number of halogens is 2. The molecule has 1 aromatic carbocycles. The number of nitrogens with one attached hydrogen (secondary N) is 1. The predicted octanol–water partition coefficient (Wildman–Crippen LogP) is 2.07. The molecule has 0 unspecified atom stereocenters. The van der Waals surface area contributed by atoms with Crippen LogP contribution in [-0.4, -0.2) is 25.5 Å². The molecule has 1 heterocycles. The molecule has 90 valence electrons. The second-order valence-electron chi connectivity index (χ2n) is 3.57. The van der Waals surface area contributed by atoms with Crippen molar-refractivity contribution in [3.05, 3.63) is 32.8 Å². The number of benzene rings is 1. The topological polar surface area (TPSA) is 55.4 Å². The quantitative estimate of drug-likeness (QED) is 0.797. The van der Waals surface area contributed by atoms with Gasteiger partial charge in [-0.1, -0.05) is 23.2 Å². The van der Waals surface area contributed by atoms with Crippen LogP contribution in [0.25, 0.3) is 0 Å². The summed E-state index contributed by atoms with van der Waals surface area (Å²) in [7, 11) is 1.25. The summed E-state index contributed by atoms with van der Waals surface area (Å²) in [6.07, 6.45) is 0.571. The highest BCUT2D eigenvalue weighted by Crippen LogP contribution is 2.33. The average molecular weight is 274 g/mol. The Morgan fingerprint density at radius 3 is 2.82 bits per heavy atom. The van der Waals surface area contributed by atoms with Gasteiger partial charge in [-0.15, -0.1) is 0 Å². The molecule has 2 rings (SSSR count). The molecular weight excluding hydrogens is 265 g/mol. The molecular formula is C11H9Cl2NO3. The standard InChI is InChI=1S/C11H9Cl2NO3/c1-17-11(16)8-7(12)4-6-5(9(8)13)2-3-14-10(6)15/h4H,2-3H2,1H3,(H,14,15). The highest BCUT2D eigenvalue weighted by molar-refractivity contribution is 6.40. The van der Waals surface area contributed by atoms with Gasteiger partial charge in [-0.25, -0.2) is 4.79 Å². The van der Waals surface area contributed by atoms with Gasteiger partial charge < -0.3 is 10.1 Å². The maximum Gasteiger partial charge on any atom is 0.340 e. The Morgan fingerprint density at radius 2 is 2.18 bits per heavy atom. The van der Waals surface area contributed by atoms with Gasteiger partial charge in [0.25, 0.3) is 5.91 Å². The highest BCUT2D eigenvalue weighted by Gasteiger charge is 2.26. The van der Waals surface area contributed by atoms with E-state index in [1.165, 1.54) is 13.2 Å². The van der Waals surface area contributed by atoms with Crippen molar-refractivity contribution in [2.24, 2.45) is 0 Å². The monoisotopic (exact) mass is 273 g/mol. The molecule has 0 radical (unpaired) electrons. The zero-order valence-electron chi connectivity index (χ0n) is 8.97. The fourth-order valence-electron chi connectivity index (χ4n) is 1.79. The van der Waals surface area contributed by atoms with Crippen molar-refractivity contribution < 1.29 is 14.3 Å². The van der Waals surface area contributed by atoms with Gasteiger partial charge >= 0.3 is 5.97 Å². The van der Waals surface area contributed by atoms with Crippen molar-refractivity contribution in [2.75, 3.05) is 13.7 Å². The average Bonchev–Trinajstić information content (AvgIpc) is 2.30. The summed E-state index contributed by atoms with van der Waals surface area (Å²) in [6.45, 7) is 0.494. The summed E-state index contributed by atoms with van der Waals surface area (Å²) in [5, 5.41) is 3.01. The minimum absolute atomic E-state index is 0.115. The van der Waals surface area contributed by atoms with E-state index in [0.29, 0.717) is 24.1 Å². The van der Waals surface area contributed by atoms with Crippen LogP contribution in [0.2, 0.25) is 10.0 Å². The zero-order chi connectivity index (χ0) is 12.6. The van der Waals surface area contributed by atoms with Crippen molar-refractivity contribution in [1.82, 2.24) is 5.32 Å². The van der Waals surface area contributed by atoms with Crippen molar-refractivity contribution in [1.29, 1.82) is 0 Å². The highest BCUT2D eigenvalue weighted by atomic mass is 35.5. The fraction of sp³-hybridized carbons (Fsp3) is 0.273. The SMILES string of the molecule is COC(=O)c1c(Cl)cc2c(c1Cl)CCNC2=O. The molecule has 4 nitrogen and oxygen atoms in total. The normalized spacial score (nSPS) is 13.9. The summed E-state index contributed by atoms with van der Waals surface area (Å²) in [4.78, 5) is 23.1. The molecule has 1 amide bonds. The number of carbonyl (C=O) groups excluding carboxylic acids is 2. The van der Waals surface area contributed by atoms with Gasteiger partial charge in [0.15, 0.2) is 0 Å². The molecule has 17 heavy (non-hydrogen) atoms. The van der Waals surface area contributed by atoms with Crippen LogP contribution in [0.3, 0.4) is 0 Å². The second kappa shape index (κ2) is 4.55. The number of carbonyl (C=O) groups is 2. The minimum atomic E-state index is -0.603. The van der Waals surface area contributed by atoms with Gasteiger partial charge in [0, 0.05) is 12.1 Å². The molecule has 0 saturated heterocycles. The molecule has 0 bridgehead atoms. The van der Waals surface area contributed by atoms with Crippen molar-refractivity contribution >= 4 is 35.1 Å². The number of fused-ring (bicyclic) bond motifs is 1. The number of esters is 1. The van der Waals surface area contributed by atoms with E-state index in [1.54, 1.807) is 0 Å². The Morgan fingerprint density at radius 1 is 1.47 bits per heavy atom. The van der Waals surface area contributed by atoms with Gasteiger partial charge in [0.1, 0.15) is 0 Å².